The van der Waals surface area contributed by atoms with Gasteiger partial charge in [0.2, 0.25) is 0 Å². The summed E-state index contributed by atoms with van der Waals surface area (Å²) in [6.45, 7) is 1.57. The highest BCUT2D eigenvalue weighted by Crippen LogP contribution is 2.37. The van der Waals surface area contributed by atoms with Crippen molar-refractivity contribution in [2.45, 2.75) is 19.3 Å². The van der Waals surface area contributed by atoms with Gasteiger partial charge < -0.3 is 10.6 Å². The number of hydrogen-bond donors (Lipinski definition) is 1. The van der Waals surface area contributed by atoms with Crippen molar-refractivity contribution in [3.8, 4) is 0 Å². The molecular weight excluding hydrogens is 272 g/mol. The lowest BCUT2D eigenvalue weighted by Gasteiger charge is -2.26. The molecule has 0 spiro atoms. The van der Waals surface area contributed by atoms with Crippen molar-refractivity contribution in [2.75, 3.05) is 18.0 Å². The Morgan fingerprint density at radius 1 is 1.30 bits per heavy atom. The summed E-state index contributed by atoms with van der Waals surface area (Å²) < 4.78 is 1.95. The van der Waals surface area contributed by atoms with Gasteiger partial charge in [-0.3, -0.25) is 4.68 Å². The summed E-state index contributed by atoms with van der Waals surface area (Å²) in [5.74, 6) is 1.17. The molecule has 20 heavy (non-hydrogen) atoms. The summed E-state index contributed by atoms with van der Waals surface area (Å²) in [4.78, 5) is 2.31. The predicted molar refractivity (Wildman–Crippen MR) is 82.7 cm³/mol. The van der Waals surface area contributed by atoms with Gasteiger partial charge in [-0.2, -0.15) is 5.10 Å². The van der Waals surface area contributed by atoms with Crippen molar-refractivity contribution < 1.29 is 0 Å². The summed E-state index contributed by atoms with van der Waals surface area (Å²) in [7, 11) is 1.99. The van der Waals surface area contributed by atoms with Crippen molar-refractivity contribution in [3.05, 3.63) is 40.5 Å². The van der Waals surface area contributed by atoms with E-state index in [4.69, 9.17) is 17.3 Å². The first-order valence-electron chi connectivity index (χ1n) is 6.97. The molecule has 4 nitrogen and oxygen atoms in total. The zero-order valence-electron chi connectivity index (χ0n) is 11.6. The zero-order valence-corrected chi connectivity index (χ0v) is 12.4. The summed E-state index contributed by atoms with van der Waals surface area (Å²) >= 11 is 6.20. The van der Waals surface area contributed by atoms with Gasteiger partial charge in [0.15, 0.2) is 0 Å². The summed E-state index contributed by atoms with van der Waals surface area (Å²) in [5.41, 5.74) is 9.51. The number of anilines is 2. The third kappa shape index (κ3) is 2.30. The maximum Gasteiger partial charge on any atom is 0.134 e. The van der Waals surface area contributed by atoms with Crippen LogP contribution in [0.2, 0.25) is 5.02 Å². The Kier molecular flexibility index (Phi) is 3.68. The quantitative estimate of drug-likeness (QED) is 0.945. The van der Waals surface area contributed by atoms with Crippen LogP contribution in [0.15, 0.2) is 24.4 Å². The van der Waals surface area contributed by atoms with Crippen LogP contribution in [0.25, 0.3) is 0 Å². The highest BCUT2D eigenvalue weighted by Gasteiger charge is 2.23. The van der Waals surface area contributed by atoms with Gasteiger partial charge in [0, 0.05) is 29.9 Å². The van der Waals surface area contributed by atoms with Crippen LogP contribution >= 0.6 is 11.6 Å². The third-order valence-electron chi connectivity index (χ3n) is 3.82. The molecule has 2 aromatic rings. The molecule has 1 aromatic heterocycles. The molecule has 0 saturated heterocycles. The summed E-state index contributed by atoms with van der Waals surface area (Å²) in [6.07, 6.45) is 4.94. The second-order valence-electron chi connectivity index (χ2n) is 5.18. The summed E-state index contributed by atoms with van der Waals surface area (Å²) in [5, 5.41) is 5.17. The molecule has 1 aliphatic heterocycles. The van der Waals surface area contributed by atoms with Crippen molar-refractivity contribution in [3.63, 3.8) is 0 Å². The lowest BCUT2D eigenvalue weighted by molar-refractivity contribution is 0.729. The molecule has 0 saturated carbocycles. The highest BCUT2D eigenvalue weighted by atomic mass is 35.5. The highest BCUT2D eigenvalue weighted by molar-refractivity contribution is 6.30. The predicted octanol–water partition coefficient (Wildman–Crippen LogP) is 2.66. The third-order valence-corrected chi connectivity index (χ3v) is 4.06. The van der Waals surface area contributed by atoms with E-state index < -0.39 is 0 Å². The minimum absolute atomic E-state index is 0.680. The molecule has 1 aliphatic rings. The number of nitrogens with zero attached hydrogens (tertiary/aromatic N) is 3. The van der Waals surface area contributed by atoms with Crippen LogP contribution in [0.5, 0.6) is 0 Å². The van der Waals surface area contributed by atoms with E-state index in [1.54, 1.807) is 0 Å². The van der Waals surface area contributed by atoms with Crippen molar-refractivity contribution in [1.29, 1.82) is 0 Å². The standard InChI is InChI=1S/C15H19ClN4/c1-19-15-12(10-18-19)4-3-11-5-6-13(16)9-14(11)20(15)8-2-7-17/h5-6,9-10H,2-4,7-8,17H2,1H3. The van der Waals surface area contributed by atoms with Crippen molar-refractivity contribution in [2.24, 2.45) is 12.8 Å². The molecule has 0 unspecified atom stereocenters. The van der Waals surface area contributed by atoms with E-state index in [0.717, 1.165) is 30.8 Å². The molecule has 1 aromatic carbocycles. The Hall–Kier alpha value is -1.52. The number of fused-ring (bicyclic) bond motifs is 2. The Bertz CT molecular complexity index is 620. The van der Waals surface area contributed by atoms with Crippen LogP contribution in [-0.2, 0) is 19.9 Å². The Labute approximate surface area is 124 Å². The van der Waals surface area contributed by atoms with Gasteiger partial charge in [-0.15, -0.1) is 0 Å². The minimum atomic E-state index is 0.680. The molecule has 5 heteroatoms. The van der Waals surface area contributed by atoms with Gasteiger partial charge in [0.1, 0.15) is 5.82 Å². The fourth-order valence-corrected chi connectivity index (χ4v) is 3.03. The average molecular weight is 291 g/mol. The average Bonchev–Trinajstić information content (AvgIpc) is 2.72. The lowest BCUT2D eigenvalue weighted by atomic mass is 10.1. The van der Waals surface area contributed by atoms with Crippen LogP contribution in [-0.4, -0.2) is 22.9 Å². The molecule has 106 valence electrons. The van der Waals surface area contributed by atoms with E-state index >= 15 is 0 Å². The molecule has 2 N–H and O–H groups in total. The van der Waals surface area contributed by atoms with Gasteiger partial charge >= 0.3 is 0 Å². The lowest BCUT2D eigenvalue weighted by Crippen LogP contribution is -2.24. The number of nitrogens with two attached hydrogens (primary N) is 1. The molecule has 0 radical (unpaired) electrons. The topological polar surface area (TPSA) is 47.1 Å². The smallest absolute Gasteiger partial charge is 0.134 e. The molecule has 3 rings (SSSR count). The Balaban J connectivity index is 2.12. The molecule has 0 aliphatic carbocycles. The largest absolute Gasteiger partial charge is 0.330 e. The van der Waals surface area contributed by atoms with Crippen LogP contribution in [0.4, 0.5) is 11.5 Å². The van der Waals surface area contributed by atoms with Crippen LogP contribution < -0.4 is 10.6 Å². The molecule has 0 fully saturated rings. The monoisotopic (exact) mass is 290 g/mol. The van der Waals surface area contributed by atoms with Gasteiger partial charge in [-0.1, -0.05) is 17.7 Å². The first-order chi connectivity index (χ1) is 9.70. The summed E-state index contributed by atoms with van der Waals surface area (Å²) in [6, 6.07) is 6.15. The van der Waals surface area contributed by atoms with E-state index in [-0.39, 0.29) is 0 Å². The molecule has 0 atom stereocenters. The zero-order chi connectivity index (χ0) is 14.1. The second-order valence-corrected chi connectivity index (χ2v) is 5.62. The number of halogens is 1. The van der Waals surface area contributed by atoms with E-state index in [1.807, 2.05) is 24.0 Å². The Morgan fingerprint density at radius 2 is 2.10 bits per heavy atom. The maximum atomic E-state index is 6.20. The van der Waals surface area contributed by atoms with E-state index in [1.165, 1.54) is 22.6 Å². The van der Waals surface area contributed by atoms with Crippen molar-refractivity contribution in [1.82, 2.24) is 9.78 Å². The molecule has 2 heterocycles. The van der Waals surface area contributed by atoms with Gasteiger partial charge in [-0.05, 0) is 43.5 Å². The minimum Gasteiger partial charge on any atom is -0.330 e. The number of aryl methyl sites for hydroxylation is 3. The normalized spacial score (nSPS) is 13.8. The van der Waals surface area contributed by atoms with Gasteiger partial charge in [0.05, 0.1) is 6.20 Å². The number of benzene rings is 1. The molecular formula is C15H19ClN4. The fourth-order valence-electron chi connectivity index (χ4n) is 2.86. The number of rotatable bonds is 3. The molecule has 0 amide bonds. The van der Waals surface area contributed by atoms with Crippen LogP contribution in [0.3, 0.4) is 0 Å². The van der Waals surface area contributed by atoms with Crippen molar-refractivity contribution >= 4 is 23.1 Å². The maximum absolute atomic E-state index is 6.20. The van der Waals surface area contributed by atoms with E-state index in [9.17, 15) is 0 Å². The second kappa shape index (κ2) is 5.46. The SMILES string of the molecule is Cn1ncc2c1N(CCCN)c1cc(Cl)ccc1CC2. The first kappa shape index (κ1) is 13.5. The van der Waals surface area contributed by atoms with Gasteiger partial charge in [-0.25, -0.2) is 0 Å². The fraction of sp³-hybridized carbons (Fsp3) is 0.400. The van der Waals surface area contributed by atoms with Crippen LogP contribution in [0.1, 0.15) is 17.5 Å². The number of hydrogen-bond acceptors (Lipinski definition) is 3. The Morgan fingerprint density at radius 3 is 2.90 bits per heavy atom. The first-order valence-corrected chi connectivity index (χ1v) is 7.35. The van der Waals surface area contributed by atoms with E-state index in [2.05, 4.69) is 22.1 Å². The van der Waals surface area contributed by atoms with Crippen LogP contribution in [0, 0.1) is 0 Å². The van der Waals surface area contributed by atoms with Gasteiger partial charge in [0.25, 0.3) is 0 Å². The number of aromatic nitrogens is 2. The molecule has 0 bridgehead atoms. The van der Waals surface area contributed by atoms with E-state index in [0.29, 0.717) is 6.54 Å².